The molecule has 0 aliphatic rings. The smallest absolute Gasteiger partial charge is 0.222 e. The van der Waals surface area contributed by atoms with Crippen molar-refractivity contribution in [3.63, 3.8) is 0 Å². The molecule has 2 N–H and O–H groups in total. The Kier molecular flexibility index (Phi) is 2.86. The van der Waals surface area contributed by atoms with Crippen molar-refractivity contribution in [3.8, 4) is 17.4 Å². The van der Waals surface area contributed by atoms with Gasteiger partial charge in [-0.2, -0.15) is 0 Å². The van der Waals surface area contributed by atoms with Gasteiger partial charge in [-0.25, -0.2) is 9.97 Å². The zero-order chi connectivity index (χ0) is 11.4. The first kappa shape index (κ1) is 10.2. The summed E-state index contributed by atoms with van der Waals surface area (Å²) in [6.07, 6.45) is 3.02. The Labute approximate surface area is 92.9 Å². The molecule has 0 radical (unpaired) electrons. The zero-order valence-corrected chi connectivity index (χ0v) is 8.75. The van der Waals surface area contributed by atoms with E-state index in [1.165, 1.54) is 6.33 Å². The van der Waals surface area contributed by atoms with E-state index in [0.717, 1.165) is 0 Å². The van der Waals surface area contributed by atoms with Crippen LogP contribution in [0.1, 0.15) is 0 Å². The summed E-state index contributed by atoms with van der Waals surface area (Å²) in [6, 6.07) is 6.82. The average Bonchev–Trinajstić information content (AvgIpc) is 2.33. The minimum absolute atomic E-state index is 0.457. The molecule has 1 aromatic heterocycles. The molecule has 0 aliphatic carbocycles. The van der Waals surface area contributed by atoms with Crippen molar-refractivity contribution in [1.82, 2.24) is 9.97 Å². The molecular weight excluding hydrogens is 206 g/mol. The summed E-state index contributed by atoms with van der Waals surface area (Å²) >= 11 is 0. The van der Waals surface area contributed by atoms with E-state index in [-0.39, 0.29) is 0 Å². The Morgan fingerprint density at radius 2 is 2.06 bits per heavy atom. The van der Waals surface area contributed by atoms with E-state index >= 15 is 0 Å². The first-order valence-electron chi connectivity index (χ1n) is 4.67. The second kappa shape index (κ2) is 4.48. The Morgan fingerprint density at radius 3 is 2.75 bits per heavy atom. The molecule has 0 atom stereocenters. The fourth-order valence-electron chi connectivity index (χ4n) is 1.22. The largest absolute Gasteiger partial charge is 0.493 e. The topological polar surface area (TPSA) is 70.3 Å². The third kappa shape index (κ3) is 2.20. The van der Waals surface area contributed by atoms with Crippen LogP contribution in [0.4, 0.5) is 5.69 Å². The van der Waals surface area contributed by atoms with Gasteiger partial charge in [0, 0.05) is 24.0 Å². The molecule has 0 saturated heterocycles. The summed E-state index contributed by atoms with van der Waals surface area (Å²) < 4.78 is 10.7. The van der Waals surface area contributed by atoms with Crippen LogP contribution in [-0.2, 0) is 0 Å². The van der Waals surface area contributed by atoms with E-state index in [2.05, 4.69) is 9.97 Å². The highest BCUT2D eigenvalue weighted by Gasteiger charge is 2.06. The maximum absolute atomic E-state index is 5.64. The van der Waals surface area contributed by atoms with Crippen LogP contribution >= 0.6 is 0 Å². The standard InChI is InChI=1S/C11H11N3O2/c1-15-10-6-8(12)2-3-9(10)16-11-4-5-13-7-14-11/h2-7H,12H2,1H3. The SMILES string of the molecule is COc1cc(N)ccc1Oc1ccncn1. The van der Waals surface area contributed by atoms with Crippen molar-refractivity contribution >= 4 is 5.69 Å². The number of nitrogen functional groups attached to an aromatic ring is 1. The Hall–Kier alpha value is -2.30. The van der Waals surface area contributed by atoms with Crippen molar-refractivity contribution in [2.24, 2.45) is 0 Å². The number of hydrogen-bond donors (Lipinski definition) is 1. The number of anilines is 1. The van der Waals surface area contributed by atoms with Crippen LogP contribution in [-0.4, -0.2) is 17.1 Å². The van der Waals surface area contributed by atoms with Crippen LogP contribution in [0.3, 0.4) is 0 Å². The predicted octanol–water partition coefficient (Wildman–Crippen LogP) is 1.86. The molecule has 82 valence electrons. The highest BCUT2D eigenvalue weighted by Crippen LogP contribution is 2.31. The first-order valence-corrected chi connectivity index (χ1v) is 4.67. The van der Waals surface area contributed by atoms with Gasteiger partial charge in [-0.05, 0) is 12.1 Å². The predicted molar refractivity (Wildman–Crippen MR) is 59.5 cm³/mol. The van der Waals surface area contributed by atoms with E-state index in [1.54, 1.807) is 37.6 Å². The number of nitrogens with zero attached hydrogens (tertiary/aromatic N) is 2. The number of rotatable bonds is 3. The third-order valence-corrected chi connectivity index (χ3v) is 1.96. The number of methoxy groups -OCH3 is 1. The lowest BCUT2D eigenvalue weighted by atomic mass is 10.3. The molecule has 0 aliphatic heterocycles. The van der Waals surface area contributed by atoms with Crippen LogP contribution in [0.25, 0.3) is 0 Å². The minimum Gasteiger partial charge on any atom is -0.493 e. The molecule has 16 heavy (non-hydrogen) atoms. The first-order chi connectivity index (χ1) is 7.79. The maximum Gasteiger partial charge on any atom is 0.222 e. The zero-order valence-electron chi connectivity index (χ0n) is 8.75. The highest BCUT2D eigenvalue weighted by molar-refractivity contribution is 5.52. The average molecular weight is 217 g/mol. The maximum atomic E-state index is 5.64. The van der Waals surface area contributed by atoms with Crippen LogP contribution in [0.5, 0.6) is 17.4 Å². The normalized spacial score (nSPS) is 9.81. The Balaban J connectivity index is 2.28. The fourth-order valence-corrected chi connectivity index (χ4v) is 1.22. The lowest BCUT2D eigenvalue weighted by Gasteiger charge is -2.09. The van der Waals surface area contributed by atoms with Gasteiger partial charge in [0.2, 0.25) is 5.88 Å². The van der Waals surface area contributed by atoms with E-state index in [9.17, 15) is 0 Å². The minimum atomic E-state index is 0.457. The molecule has 0 fully saturated rings. The van der Waals surface area contributed by atoms with Gasteiger partial charge in [0.25, 0.3) is 0 Å². The Bertz CT molecular complexity index is 474. The van der Waals surface area contributed by atoms with Gasteiger partial charge in [-0.1, -0.05) is 0 Å². The second-order valence-electron chi connectivity index (χ2n) is 3.06. The van der Waals surface area contributed by atoms with E-state index in [1.807, 2.05) is 0 Å². The summed E-state index contributed by atoms with van der Waals surface area (Å²) in [7, 11) is 1.56. The number of hydrogen-bond acceptors (Lipinski definition) is 5. The summed E-state index contributed by atoms with van der Waals surface area (Å²) in [6.45, 7) is 0. The molecule has 5 heteroatoms. The molecule has 0 bridgehead atoms. The van der Waals surface area contributed by atoms with Gasteiger partial charge in [0.05, 0.1) is 7.11 Å². The third-order valence-electron chi connectivity index (χ3n) is 1.96. The Morgan fingerprint density at radius 1 is 1.19 bits per heavy atom. The quantitative estimate of drug-likeness (QED) is 0.794. The van der Waals surface area contributed by atoms with Gasteiger partial charge < -0.3 is 15.2 Å². The van der Waals surface area contributed by atoms with Gasteiger partial charge in [-0.15, -0.1) is 0 Å². The number of ether oxygens (including phenoxy) is 2. The van der Waals surface area contributed by atoms with Crippen molar-refractivity contribution in [2.75, 3.05) is 12.8 Å². The van der Waals surface area contributed by atoms with Gasteiger partial charge in [0.1, 0.15) is 6.33 Å². The van der Waals surface area contributed by atoms with Crippen molar-refractivity contribution in [1.29, 1.82) is 0 Å². The van der Waals surface area contributed by atoms with Crippen LogP contribution in [0.2, 0.25) is 0 Å². The van der Waals surface area contributed by atoms with Gasteiger partial charge in [-0.3, -0.25) is 0 Å². The number of benzene rings is 1. The lowest BCUT2D eigenvalue weighted by molar-refractivity contribution is 0.374. The lowest BCUT2D eigenvalue weighted by Crippen LogP contribution is -1.94. The fraction of sp³-hybridized carbons (Fsp3) is 0.0909. The highest BCUT2D eigenvalue weighted by atomic mass is 16.5. The molecule has 2 rings (SSSR count). The van der Waals surface area contributed by atoms with Gasteiger partial charge in [0.15, 0.2) is 11.5 Å². The van der Waals surface area contributed by atoms with Crippen LogP contribution in [0.15, 0.2) is 36.8 Å². The van der Waals surface area contributed by atoms with Crippen molar-refractivity contribution < 1.29 is 9.47 Å². The molecule has 0 spiro atoms. The van der Waals surface area contributed by atoms with Crippen molar-refractivity contribution in [3.05, 3.63) is 36.8 Å². The summed E-state index contributed by atoms with van der Waals surface area (Å²) in [5.74, 6) is 1.59. The van der Waals surface area contributed by atoms with Crippen LogP contribution in [0, 0.1) is 0 Å². The molecule has 0 saturated carbocycles. The van der Waals surface area contributed by atoms with Crippen molar-refractivity contribution in [2.45, 2.75) is 0 Å². The second-order valence-corrected chi connectivity index (χ2v) is 3.06. The molecule has 5 nitrogen and oxygen atoms in total. The molecule has 2 aromatic rings. The van der Waals surface area contributed by atoms with Crippen LogP contribution < -0.4 is 15.2 Å². The molecule has 1 aromatic carbocycles. The van der Waals surface area contributed by atoms with Gasteiger partial charge >= 0.3 is 0 Å². The molecular formula is C11H11N3O2. The monoisotopic (exact) mass is 217 g/mol. The number of nitrogens with two attached hydrogens (primary N) is 1. The number of aromatic nitrogens is 2. The van der Waals surface area contributed by atoms with E-state index < -0.39 is 0 Å². The molecule has 1 heterocycles. The molecule has 0 amide bonds. The summed E-state index contributed by atoms with van der Waals surface area (Å²) in [4.78, 5) is 7.75. The summed E-state index contributed by atoms with van der Waals surface area (Å²) in [5, 5.41) is 0. The van der Waals surface area contributed by atoms with E-state index in [4.69, 9.17) is 15.2 Å². The summed E-state index contributed by atoms with van der Waals surface area (Å²) in [5.41, 5.74) is 6.25. The van der Waals surface area contributed by atoms with E-state index in [0.29, 0.717) is 23.1 Å². The molecule has 0 unspecified atom stereocenters.